The van der Waals surface area contributed by atoms with Crippen LogP contribution in [0.3, 0.4) is 0 Å². The Balaban J connectivity index is 1.64. The van der Waals surface area contributed by atoms with Gasteiger partial charge in [-0.3, -0.25) is 9.69 Å². The molecule has 0 aliphatic carbocycles. The normalized spacial score (nSPS) is 39.4. The second-order valence-corrected chi connectivity index (χ2v) is 6.53. The van der Waals surface area contributed by atoms with Gasteiger partial charge in [0.05, 0.1) is 0 Å². The Labute approximate surface area is 115 Å². The van der Waals surface area contributed by atoms with Gasteiger partial charge in [-0.05, 0) is 57.7 Å². The number of hydrogen-bond acceptors (Lipinski definition) is 3. The molecule has 4 saturated heterocycles. The molecule has 4 aliphatic rings. The minimum atomic E-state index is -0.639. The molecule has 0 saturated carbocycles. The molecule has 0 aromatic heterocycles. The molecule has 4 rings (SSSR count). The summed E-state index contributed by atoms with van der Waals surface area (Å²) in [5, 5.41) is 8.92. The molecule has 19 heavy (non-hydrogen) atoms. The van der Waals surface area contributed by atoms with Gasteiger partial charge in [-0.1, -0.05) is 6.42 Å². The van der Waals surface area contributed by atoms with Crippen LogP contribution in [0.5, 0.6) is 0 Å². The van der Waals surface area contributed by atoms with Gasteiger partial charge in [0.15, 0.2) is 0 Å². The van der Waals surface area contributed by atoms with E-state index in [1.54, 1.807) is 0 Å². The van der Waals surface area contributed by atoms with Crippen molar-refractivity contribution in [3.05, 3.63) is 0 Å². The van der Waals surface area contributed by atoms with Crippen LogP contribution in [-0.2, 0) is 4.79 Å². The lowest BCUT2D eigenvalue weighted by atomic mass is 9.81. The third kappa shape index (κ3) is 2.95. The molecule has 0 amide bonds. The van der Waals surface area contributed by atoms with Gasteiger partial charge in [0, 0.05) is 25.0 Å². The summed E-state index contributed by atoms with van der Waals surface area (Å²) in [7, 11) is 0. The highest BCUT2D eigenvalue weighted by Gasteiger charge is 2.40. The molecule has 1 N–H and O–H groups in total. The van der Waals surface area contributed by atoms with Crippen molar-refractivity contribution >= 4 is 5.97 Å². The van der Waals surface area contributed by atoms with E-state index in [-0.39, 0.29) is 0 Å². The summed E-state index contributed by atoms with van der Waals surface area (Å²) in [5.74, 6) is 0.231. The maximum atomic E-state index is 10.8. The van der Waals surface area contributed by atoms with Gasteiger partial charge < -0.3 is 10.0 Å². The van der Waals surface area contributed by atoms with Crippen molar-refractivity contribution in [1.29, 1.82) is 0 Å². The number of fused-ring (bicyclic) bond motifs is 3. The molecule has 4 heterocycles. The number of carboxylic acids is 1. The fourth-order valence-electron chi connectivity index (χ4n) is 4.37. The number of piperidine rings is 4. The van der Waals surface area contributed by atoms with E-state index >= 15 is 0 Å². The summed E-state index contributed by atoms with van der Waals surface area (Å²) in [6.45, 7) is 5.00. The third-order valence-corrected chi connectivity index (χ3v) is 5.41. The lowest BCUT2D eigenvalue weighted by Gasteiger charge is -2.52. The van der Waals surface area contributed by atoms with Crippen LogP contribution in [0, 0.1) is 5.92 Å². The second kappa shape index (κ2) is 5.80. The topological polar surface area (TPSA) is 43.8 Å². The summed E-state index contributed by atoms with van der Waals surface area (Å²) in [6.07, 6.45) is 7.67. The summed E-state index contributed by atoms with van der Waals surface area (Å²) >= 11 is 0. The first-order valence-corrected chi connectivity index (χ1v) is 7.94. The van der Waals surface area contributed by atoms with Crippen molar-refractivity contribution in [2.24, 2.45) is 5.92 Å². The Morgan fingerprint density at radius 1 is 1.11 bits per heavy atom. The highest BCUT2D eigenvalue weighted by Crippen LogP contribution is 2.35. The summed E-state index contributed by atoms with van der Waals surface area (Å²) in [5.41, 5.74) is 0. The molecular formula is C15H26N2O2. The quantitative estimate of drug-likeness (QED) is 0.842. The zero-order valence-corrected chi connectivity index (χ0v) is 11.8. The van der Waals surface area contributed by atoms with Crippen molar-refractivity contribution in [2.45, 2.75) is 57.0 Å². The summed E-state index contributed by atoms with van der Waals surface area (Å²) in [6, 6.07) is 1.23. The van der Waals surface area contributed by atoms with Crippen LogP contribution >= 0.6 is 0 Å². The summed E-state index contributed by atoms with van der Waals surface area (Å²) in [4.78, 5) is 16.1. The van der Waals surface area contributed by atoms with E-state index in [0.29, 0.717) is 18.5 Å². The lowest BCUT2D eigenvalue weighted by molar-refractivity contribution is -0.137. The van der Waals surface area contributed by atoms with Crippen molar-refractivity contribution in [3.8, 4) is 0 Å². The zero-order valence-electron chi connectivity index (χ0n) is 11.8. The predicted octanol–water partition coefficient (Wildman–Crippen LogP) is 1.80. The Morgan fingerprint density at radius 3 is 2.53 bits per heavy atom. The van der Waals surface area contributed by atoms with Gasteiger partial charge in [-0.15, -0.1) is 0 Å². The van der Waals surface area contributed by atoms with E-state index in [9.17, 15) is 4.79 Å². The molecular weight excluding hydrogens is 240 g/mol. The molecule has 0 spiro atoms. The SMILES string of the molecule is O=C(O)CCC1CCCCN1C1CN2CCC1CC2. The first kappa shape index (κ1) is 13.4. The Hall–Kier alpha value is -0.610. The number of carbonyl (C=O) groups is 1. The molecule has 0 aromatic carbocycles. The average Bonchev–Trinajstić information content (AvgIpc) is 2.46. The lowest BCUT2D eigenvalue weighted by Crippen LogP contribution is -2.60. The van der Waals surface area contributed by atoms with E-state index in [1.807, 2.05) is 0 Å². The highest BCUT2D eigenvalue weighted by atomic mass is 16.4. The second-order valence-electron chi connectivity index (χ2n) is 6.53. The zero-order chi connectivity index (χ0) is 13.2. The first-order valence-electron chi connectivity index (χ1n) is 7.94. The van der Waals surface area contributed by atoms with Gasteiger partial charge in [0.1, 0.15) is 0 Å². The van der Waals surface area contributed by atoms with Crippen LogP contribution in [0.2, 0.25) is 0 Å². The molecule has 0 aromatic rings. The molecule has 2 atom stereocenters. The van der Waals surface area contributed by atoms with E-state index < -0.39 is 5.97 Å². The fraction of sp³-hybridized carbons (Fsp3) is 0.933. The molecule has 4 nitrogen and oxygen atoms in total. The average molecular weight is 266 g/mol. The molecule has 4 fully saturated rings. The van der Waals surface area contributed by atoms with Gasteiger partial charge in [-0.25, -0.2) is 0 Å². The Kier molecular flexibility index (Phi) is 4.08. The standard InChI is InChI=1S/C15H26N2O2/c18-15(19)5-4-13-3-1-2-8-17(13)14-11-16-9-6-12(14)7-10-16/h12-14H,1-11H2,(H,18,19). The van der Waals surface area contributed by atoms with Crippen LogP contribution in [0.15, 0.2) is 0 Å². The minimum absolute atomic E-state index is 0.336. The monoisotopic (exact) mass is 266 g/mol. The first-order chi connectivity index (χ1) is 9.24. The molecule has 2 bridgehead atoms. The smallest absolute Gasteiger partial charge is 0.303 e. The number of aliphatic carboxylic acids is 1. The van der Waals surface area contributed by atoms with Crippen LogP contribution in [0.1, 0.15) is 44.9 Å². The minimum Gasteiger partial charge on any atom is -0.481 e. The van der Waals surface area contributed by atoms with Gasteiger partial charge >= 0.3 is 5.97 Å². The number of rotatable bonds is 4. The van der Waals surface area contributed by atoms with Gasteiger partial charge in [0.25, 0.3) is 0 Å². The van der Waals surface area contributed by atoms with Gasteiger partial charge in [-0.2, -0.15) is 0 Å². The predicted molar refractivity (Wildman–Crippen MR) is 74.2 cm³/mol. The molecule has 108 valence electrons. The molecule has 0 radical (unpaired) electrons. The molecule has 4 aliphatic heterocycles. The van der Waals surface area contributed by atoms with Crippen molar-refractivity contribution < 1.29 is 9.90 Å². The van der Waals surface area contributed by atoms with Crippen molar-refractivity contribution in [3.63, 3.8) is 0 Å². The van der Waals surface area contributed by atoms with E-state index in [1.165, 1.54) is 58.3 Å². The van der Waals surface area contributed by atoms with Crippen LogP contribution in [0.25, 0.3) is 0 Å². The third-order valence-electron chi connectivity index (χ3n) is 5.41. The van der Waals surface area contributed by atoms with Crippen LogP contribution in [0.4, 0.5) is 0 Å². The maximum Gasteiger partial charge on any atom is 0.303 e. The van der Waals surface area contributed by atoms with Crippen LogP contribution in [-0.4, -0.2) is 59.1 Å². The largest absolute Gasteiger partial charge is 0.481 e. The van der Waals surface area contributed by atoms with Crippen molar-refractivity contribution in [1.82, 2.24) is 9.80 Å². The summed E-state index contributed by atoms with van der Waals surface area (Å²) < 4.78 is 0. The number of hydrogen-bond donors (Lipinski definition) is 1. The highest BCUT2D eigenvalue weighted by molar-refractivity contribution is 5.66. The molecule has 4 heteroatoms. The number of likely N-dealkylation sites (tertiary alicyclic amines) is 1. The number of carboxylic acid groups (broad SMARTS) is 1. The Morgan fingerprint density at radius 2 is 1.89 bits per heavy atom. The van der Waals surface area contributed by atoms with E-state index in [0.717, 1.165) is 12.3 Å². The van der Waals surface area contributed by atoms with Crippen molar-refractivity contribution in [2.75, 3.05) is 26.2 Å². The Bertz CT molecular complexity index is 326. The van der Waals surface area contributed by atoms with Gasteiger partial charge in [0.2, 0.25) is 0 Å². The maximum absolute atomic E-state index is 10.8. The number of nitrogens with zero attached hydrogens (tertiary/aromatic N) is 2. The van der Waals surface area contributed by atoms with Crippen LogP contribution < -0.4 is 0 Å². The fourth-order valence-corrected chi connectivity index (χ4v) is 4.37. The van der Waals surface area contributed by atoms with E-state index in [4.69, 9.17) is 5.11 Å². The molecule has 2 unspecified atom stereocenters. The van der Waals surface area contributed by atoms with E-state index in [2.05, 4.69) is 9.80 Å².